The van der Waals surface area contributed by atoms with E-state index >= 15 is 0 Å². The standard InChI is InChI=1S/C34H51N.C5H5N.C2H6/c1-5-13-28-20-22-34(4,23-21-28)33(25-35-30-16-11-6-7-12-17-30)32-24-26(2)18-19-31(32)27(3)29-14-9-8-10-15-29;1-5-2-3-6-4-5;1-2/h18-22,24,29-30,33,35H,3,5-17,23,25H2,1-2,4H3;2-4H,1H2;1-2H3. The molecule has 0 saturated heterocycles. The summed E-state index contributed by atoms with van der Waals surface area (Å²) in [5.41, 5.74) is 8.42. The maximum absolute atomic E-state index is 4.74. The van der Waals surface area contributed by atoms with Gasteiger partial charge in [-0.05, 0) is 85.1 Å². The average molecular weight is 583 g/mol. The average Bonchev–Trinajstić information content (AvgIpc) is 3.37. The van der Waals surface area contributed by atoms with Crippen LogP contribution in [0.1, 0.15) is 140 Å². The molecule has 2 nitrogen and oxygen atoms in total. The van der Waals surface area contributed by atoms with E-state index in [1.54, 1.807) is 18.0 Å². The molecular formula is C41H62N2. The summed E-state index contributed by atoms with van der Waals surface area (Å²) in [6.07, 6.45) is 31.5. The molecule has 0 aromatic heterocycles. The van der Waals surface area contributed by atoms with Crippen LogP contribution in [0.4, 0.5) is 0 Å². The molecular weight excluding hydrogens is 520 g/mol. The van der Waals surface area contributed by atoms with Gasteiger partial charge in [-0.3, -0.25) is 4.99 Å². The van der Waals surface area contributed by atoms with Crippen molar-refractivity contribution in [1.29, 1.82) is 0 Å². The van der Waals surface area contributed by atoms with Gasteiger partial charge in [-0.15, -0.1) is 0 Å². The quantitative estimate of drug-likeness (QED) is 0.288. The first-order valence-electron chi connectivity index (χ1n) is 17.7. The molecule has 0 bridgehead atoms. The summed E-state index contributed by atoms with van der Waals surface area (Å²) < 4.78 is 0. The van der Waals surface area contributed by atoms with Crippen LogP contribution in [-0.2, 0) is 0 Å². The maximum Gasteiger partial charge on any atom is 0.0334 e. The number of nitrogens with zero attached hydrogens (tertiary/aromatic N) is 1. The Bertz CT molecular complexity index is 1120. The minimum Gasteiger partial charge on any atom is -0.313 e. The van der Waals surface area contributed by atoms with E-state index in [2.05, 4.69) is 74.1 Å². The number of nitrogens with one attached hydrogen (secondary N) is 1. The number of hydrogen-bond acceptors (Lipinski definition) is 2. The van der Waals surface area contributed by atoms with Gasteiger partial charge in [-0.1, -0.05) is 140 Å². The van der Waals surface area contributed by atoms with Gasteiger partial charge in [-0.2, -0.15) is 0 Å². The van der Waals surface area contributed by atoms with Crippen molar-refractivity contribution < 1.29 is 0 Å². The SMILES string of the molecule is C=C(c1ccc(C)cc1C(CNC1CCCCCC1)C1(C)C=CC(CCC)=CC1)C1CCCCC1.C=C1C=CN=C1.CC. The van der Waals surface area contributed by atoms with E-state index in [1.807, 2.05) is 19.9 Å². The van der Waals surface area contributed by atoms with Crippen LogP contribution in [-0.4, -0.2) is 18.8 Å². The molecule has 1 N–H and O–H groups in total. The molecule has 2 atom stereocenters. The third kappa shape index (κ3) is 10.6. The monoisotopic (exact) mass is 582 g/mol. The summed E-state index contributed by atoms with van der Waals surface area (Å²) in [5.74, 6) is 1.11. The van der Waals surface area contributed by atoms with Gasteiger partial charge in [-0.25, -0.2) is 0 Å². The minimum atomic E-state index is 0.129. The van der Waals surface area contributed by atoms with Crippen LogP contribution < -0.4 is 5.32 Å². The Labute approximate surface area is 265 Å². The molecule has 4 aliphatic rings. The maximum atomic E-state index is 4.74. The molecule has 1 aromatic carbocycles. The van der Waals surface area contributed by atoms with Crippen LogP contribution >= 0.6 is 0 Å². The second kappa shape index (κ2) is 18.4. The van der Waals surface area contributed by atoms with Gasteiger partial charge < -0.3 is 5.32 Å². The second-order valence-corrected chi connectivity index (χ2v) is 13.3. The highest BCUT2D eigenvalue weighted by molar-refractivity contribution is 5.84. The van der Waals surface area contributed by atoms with Crippen molar-refractivity contribution in [3.63, 3.8) is 0 Å². The minimum absolute atomic E-state index is 0.129. The van der Waals surface area contributed by atoms with Crippen LogP contribution in [0.3, 0.4) is 0 Å². The molecule has 5 rings (SSSR count). The third-order valence-electron chi connectivity index (χ3n) is 9.92. The summed E-state index contributed by atoms with van der Waals surface area (Å²) >= 11 is 0. The Hall–Kier alpha value is -2.45. The molecule has 236 valence electrons. The van der Waals surface area contributed by atoms with Crippen molar-refractivity contribution in [2.45, 2.75) is 136 Å². The molecule has 0 radical (unpaired) electrons. The summed E-state index contributed by atoms with van der Waals surface area (Å²) in [4.78, 5) is 3.76. The predicted octanol–water partition coefficient (Wildman–Crippen LogP) is 11.8. The van der Waals surface area contributed by atoms with Crippen molar-refractivity contribution in [2.75, 3.05) is 6.54 Å². The molecule has 1 aliphatic heterocycles. The third-order valence-corrected chi connectivity index (χ3v) is 9.92. The summed E-state index contributed by atoms with van der Waals surface area (Å²) in [6, 6.07) is 7.92. The van der Waals surface area contributed by atoms with Gasteiger partial charge >= 0.3 is 0 Å². The fourth-order valence-corrected chi connectivity index (χ4v) is 7.24. The Morgan fingerprint density at radius 2 is 1.67 bits per heavy atom. The summed E-state index contributed by atoms with van der Waals surface area (Å²) in [5, 5.41) is 4.10. The first kappa shape index (κ1) is 35.0. The van der Waals surface area contributed by atoms with Crippen LogP contribution in [0.25, 0.3) is 5.57 Å². The first-order valence-corrected chi connectivity index (χ1v) is 17.7. The lowest BCUT2D eigenvalue weighted by Crippen LogP contribution is -2.38. The highest BCUT2D eigenvalue weighted by Crippen LogP contribution is 2.47. The second-order valence-electron chi connectivity index (χ2n) is 13.3. The largest absolute Gasteiger partial charge is 0.313 e. The van der Waals surface area contributed by atoms with Gasteiger partial charge in [0.15, 0.2) is 0 Å². The Balaban J connectivity index is 0.000000555. The topological polar surface area (TPSA) is 24.4 Å². The lowest BCUT2D eigenvalue weighted by Gasteiger charge is -2.40. The van der Waals surface area contributed by atoms with Crippen LogP contribution in [0.5, 0.6) is 0 Å². The lowest BCUT2D eigenvalue weighted by atomic mass is 9.66. The number of benzene rings is 1. The molecule has 1 heterocycles. The van der Waals surface area contributed by atoms with E-state index in [9.17, 15) is 0 Å². The molecule has 43 heavy (non-hydrogen) atoms. The van der Waals surface area contributed by atoms with E-state index in [1.165, 1.54) is 106 Å². The lowest BCUT2D eigenvalue weighted by molar-refractivity contribution is 0.304. The molecule has 2 heteroatoms. The Kier molecular flexibility index (Phi) is 15.0. The number of rotatable bonds is 9. The highest BCUT2D eigenvalue weighted by Gasteiger charge is 2.36. The number of allylic oxidation sites excluding steroid dienone is 7. The zero-order valence-electron chi connectivity index (χ0n) is 28.4. The Morgan fingerprint density at radius 1 is 1.00 bits per heavy atom. The molecule has 2 fully saturated rings. The van der Waals surface area contributed by atoms with E-state index in [0.717, 1.165) is 18.5 Å². The zero-order chi connectivity index (χ0) is 31.1. The van der Waals surface area contributed by atoms with Gasteiger partial charge in [0, 0.05) is 30.9 Å². The number of aliphatic imine (C=N–C) groups is 1. The van der Waals surface area contributed by atoms with Gasteiger partial charge in [0.2, 0.25) is 0 Å². The normalized spacial score (nSPS) is 23.0. The molecule has 1 aromatic rings. The Morgan fingerprint density at radius 3 is 2.23 bits per heavy atom. The molecule has 3 aliphatic carbocycles. The van der Waals surface area contributed by atoms with Crippen molar-refractivity contribution in [1.82, 2.24) is 5.32 Å². The smallest absolute Gasteiger partial charge is 0.0334 e. The van der Waals surface area contributed by atoms with Gasteiger partial charge in [0.25, 0.3) is 0 Å². The zero-order valence-corrected chi connectivity index (χ0v) is 28.4. The molecule has 0 spiro atoms. The van der Waals surface area contributed by atoms with Crippen molar-refractivity contribution in [3.8, 4) is 0 Å². The van der Waals surface area contributed by atoms with E-state index < -0.39 is 0 Å². The molecule has 2 saturated carbocycles. The van der Waals surface area contributed by atoms with E-state index in [4.69, 9.17) is 6.58 Å². The summed E-state index contributed by atoms with van der Waals surface area (Å²) in [7, 11) is 0. The summed E-state index contributed by atoms with van der Waals surface area (Å²) in [6.45, 7) is 20.5. The van der Waals surface area contributed by atoms with Crippen LogP contribution in [0.2, 0.25) is 0 Å². The van der Waals surface area contributed by atoms with Gasteiger partial charge in [0.05, 0.1) is 0 Å². The predicted molar refractivity (Wildman–Crippen MR) is 192 cm³/mol. The fraction of sp³-hybridized carbons (Fsp3) is 0.585. The van der Waals surface area contributed by atoms with Crippen molar-refractivity contribution >= 4 is 11.8 Å². The number of aryl methyl sites for hydroxylation is 1. The van der Waals surface area contributed by atoms with Crippen molar-refractivity contribution in [2.24, 2.45) is 16.3 Å². The van der Waals surface area contributed by atoms with E-state index in [0.29, 0.717) is 17.9 Å². The first-order chi connectivity index (χ1) is 20.9. The highest BCUT2D eigenvalue weighted by atomic mass is 14.9. The fourth-order valence-electron chi connectivity index (χ4n) is 7.24. The molecule has 2 unspecified atom stereocenters. The van der Waals surface area contributed by atoms with Crippen molar-refractivity contribution in [3.05, 3.63) is 89.7 Å². The van der Waals surface area contributed by atoms with Crippen LogP contribution in [0.15, 0.2) is 78.0 Å². The van der Waals surface area contributed by atoms with Crippen LogP contribution in [0, 0.1) is 18.3 Å². The van der Waals surface area contributed by atoms with Gasteiger partial charge in [0.1, 0.15) is 0 Å². The van der Waals surface area contributed by atoms with E-state index in [-0.39, 0.29) is 5.41 Å². The number of hydrogen-bond donors (Lipinski definition) is 1. The molecule has 0 amide bonds.